The number of ether oxygens (including phenoxy) is 3. The van der Waals surface area contributed by atoms with Gasteiger partial charge in [0.05, 0.1) is 38.0 Å². The van der Waals surface area contributed by atoms with E-state index in [2.05, 4.69) is 11.9 Å². The molecule has 7 nitrogen and oxygen atoms in total. The molecule has 1 heterocycles. The second-order valence-corrected chi connectivity index (χ2v) is 7.58. The molecule has 0 radical (unpaired) electrons. The molecule has 0 unspecified atom stereocenters. The van der Waals surface area contributed by atoms with Crippen LogP contribution in [-0.4, -0.2) is 37.8 Å². The van der Waals surface area contributed by atoms with E-state index < -0.39 is 5.97 Å². The van der Waals surface area contributed by atoms with E-state index in [1.54, 1.807) is 30.9 Å². The van der Waals surface area contributed by atoms with E-state index in [4.69, 9.17) is 14.2 Å². The summed E-state index contributed by atoms with van der Waals surface area (Å²) < 4.78 is 18.0. The third kappa shape index (κ3) is 4.71. The fourth-order valence-electron chi connectivity index (χ4n) is 3.04. The van der Waals surface area contributed by atoms with Gasteiger partial charge in [0.15, 0.2) is 16.3 Å². The van der Waals surface area contributed by atoms with Crippen LogP contribution in [0.1, 0.15) is 18.1 Å². The average Bonchev–Trinajstić information content (AvgIpc) is 3.08. The van der Waals surface area contributed by atoms with Crippen molar-refractivity contribution in [2.75, 3.05) is 21.3 Å². The predicted octanol–water partition coefficient (Wildman–Crippen LogP) is 3.13. The van der Waals surface area contributed by atoms with Gasteiger partial charge >= 0.3 is 5.97 Å². The maximum atomic E-state index is 12.6. The van der Waals surface area contributed by atoms with Crippen LogP contribution in [0.25, 0.3) is 10.2 Å². The molecule has 30 heavy (non-hydrogen) atoms. The first kappa shape index (κ1) is 21.6. The minimum Gasteiger partial charge on any atom is -0.493 e. The predicted molar refractivity (Wildman–Crippen MR) is 115 cm³/mol. The first-order valence-electron chi connectivity index (χ1n) is 9.46. The molecule has 3 aromatic rings. The van der Waals surface area contributed by atoms with Gasteiger partial charge in [-0.2, -0.15) is 4.99 Å². The molecule has 2 aromatic carbocycles. The summed E-state index contributed by atoms with van der Waals surface area (Å²) in [6.07, 6.45) is 1.13. The average molecular weight is 429 g/mol. The molecule has 0 bridgehead atoms. The second-order valence-electron chi connectivity index (χ2n) is 6.57. The van der Waals surface area contributed by atoms with Crippen molar-refractivity contribution in [1.82, 2.24) is 4.57 Å². The first-order valence-corrected chi connectivity index (χ1v) is 10.3. The van der Waals surface area contributed by atoms with Gasteiger partial charge in [0, 0.05) is 12.1 Å². The summed E-state index contributed by atoms with van der Waals surface area (Å²) in [6.45, 7) is 2.02. The number of hydrogen-bond donors (Lipinski definition) is 0. The molecule has 1 amide bonds. The molecule has 158 valence electrons. The van der Waals surface area contributed by atoms with E-state index >= 15 is 0 Å². The van der Waals surface area contributed by atoms with E-state index in [1.165, 1.54) is 24.0 Å². The van der Waals surface area contributed by atoms with Gasteiger partial charge in [-0.05, 0) is 17.5 Å². The van der Waals surface area contributed by atoms with Gasteiger partial charge in [0.25, 0.3) is 5.91 Å². The summed E-state index contributed by atoms with van der Waals surface area (Å²) in [4.78, 5) is 29.3. The molecule has 0 fully saturated rings. The summed E-state index contributed by atoms with van der Waals surface area (Å²) in [5, 5.41) is 0. The van der Waals surface area contributed by atoms with Crippen LogP contribution < -0.4 is 14.3 Å². The van der Waals surface area contributed by atoms with Crippen LogP contribution in [-0.2, 0) is 33.7 Å². The number of benzene rings is 2. The van der Waals surface area contributed by atoms with Crippen molar-refractivity contribution in [2.45, 2.75) is 26.3 Å². The van der Waals surface area contributed by atoms with Crippen molar-refractivity contribution < 1.29 is 23.8 Å². The van der Waals surface area contributed by atoms with E-state index in [0.717, 1.165) is 16.7 Å². The van der Waals surface area contributed by atoms with Gasteiger partial charge < -0.3 is 18.8 Å². The maximum absolute atomic E-state index is 12.6. The smallest absolute Gasteiger partial charge is 0.325 e. The number of carbonyl (C=O) groups excluding carboxylic acids is 2. The fraction of sp³-hybridized carbons (Fsp3) is 0.318. The highest BCUT2D eigenvalue weighted by atomic mass is 32.1. The molecule has 0 atom stereocenters. The van der Waals surface area contributed by atoms with Crippen molar-refractivity contribution in [3.63, 3.8) is 0 Å². The molecule has 0 saturated carbocycles. The number of nitrogens with zero attached hydrogens (tertiary/aromatic N) is 2. The number of aromatic nitrogens is 1. The van der Waals surface area contributed by atoms with E-state index in [0.29, 0.717) is 21.8 Å². The van der Waals surface area contributed by atoms with Crippen molar-refractivity contribution in [2.24, 2.45) is 4.99 Å². The zero-order chi connectivity index (χ0) is 21.7. The first-order chi connectivity index (χ1) is 14.5. The minimum atomic E-state index is -0.437. The Morgan fingerprint density at radius 1 is 1.00 bits per heavy atom. The van der Waals surface area contributed by atoms with Crippen LogP contribution in [0.5, 0.6) is 11.5 Å². The molecule has 0 spiro atoms. The SMILES string of the molecule is CCc1ccc(CC(=O)N=c2sc3cc(OC)c(OC)cc3n2CC(=O)OC)cc1. The Hall–Kier alpha value is -3.13. The van der Waals surface area contributed by atoms with Gasteiger partial charge in [0.2, 0.25) is 0 Å². The summed E-state index contributed by atoms with van der Waals surface area (Å²) >= 11 is 1.30. The van der Waals surface area contributed by atoms with Crippen LogP contribution in [0, 0.1) is 0 Å². The van der Waals surface area contributed by atoms with Gasteiger partial charge in [-0.15, -0.1) is 0 Å². The fourth-order valence-corrected chi connectivity index (χ4v) is 4.10. The van der Waals surface area contributed by atoms with Crippen molar-refractivity contribution in [3.8, 4) is 11.5 Å². The van der Waals surface area contributed by atoms with Crippen LogP contribution in [0.4, 0.5) is 0 Å². The van der Waals surface area contributed by atoms with Gasteiger partial charge in [-0.3, -0.25) is 9.59 Å². The Kier molecular flexibility index (Phi) is 6.89. The zero-order valence-corrected chi connectivity index (χ0v) is 18.2. The van der Waals surface area contributed by atoms with Gasteiger partial charge in [-0.25, -0.2) is 0 Å². The Morgan fingerprint density at radius 2 is 1.63 bits per heavy atom. The highest BCUT2D eigenvalue weighted by Crippen LogP contribution is 2.33. The number of methoxy groups -OCH3 is 3. The van der Waals surface area contributed by atoms with Crippen molar-refractivity contribution in [3.05, 3.63) is 52.3 Å². The summed E-state index contributed by atoms with van der Waals surface area (Å²) in [7, 11) is 4.42. The van der Waals surface area contributed by atoms with Crippen LogP contribution >= 0.6 is 11.3 Å². The van der Waals surface area contributed by atoms with E-state index in [9.17, 15) is 9.59 Å². The number of fused-ring (bicyclic) bond motifs is 1. The van der Waals surface area contributed by atoms with Gasteiger partial charge in [0.1, 0.15) is 6.54 Å². The highest BCUT2D eigenvalue weighted by Gasteiger charge is 2.15. The number of rotatable bonds is 7. The number of aryl methyl sites for hydroxylation is 1. The highest BCUT2D eigenvalue weighted by molar-refractivity contribution is 7.16. The van der Waals surface area contributed by atoms with Crippen molar-refractivity contribution >= 4 is 33.4 Å². The summed E-state index contributed by atoms with van der Waals surface area (Å²) in [6, 6.07) is 11.5. The number of amides is 1. The number of thiazole rings is 1. The monoisotopic (exact) mass is 428 g/mol. The Balaban J connectivity index is 2.04. The minimum absolute atomic E-state index is 0.0662. The molecular weight excluding hydrogens is 404 g/mol. The van der Waals surface area contributed by atoms with Crippen LogP contribution in [0.2, 0.25) is 0 Å². The number of hydrogen-bond acceptors (Lipinski definition) is 6. The summed E-state index contributed by atoms with van der Waals surface area (Å²) in [5.41, 5.74) is 2.82. The Labute approximate surface area is 178 Å². The lowest BCUT2D eigenvalue weighted by molar-refractivity contribution is -0.141. The Morgan fingerprint density at radius 3 is 2.23 bits per heavy atom. The molecule has 1 aromatic heterocycles. The Bertz CT molecular complexity index is 1130. The topological polar surface area (TPSA) is 79.1 Å². The number of esters is 1. The van der Waals surface area contributed by atoms with E-state index in [1.807, 2.05) is 24.3 Å². The summed E-state index contributed by atoms with van der Waals surface area (Å²) in [5.74, 6) is 0.359. The standard InChI is InChI=1S/C22H24N2O5S/c1-5-14-6-8-15(9-7-14)10-20(25)23-22-24(13-21(26)29-4)16-11-17(27-2)18(28-3)12-19(16)30-22/h6-9,11-12H,5,10,13H2,1-4H3. The normalized spacial score (nSPS) is 11.5. The third-order valence-corrected chi connectivity index (χ3v) is 5.75. The van der Waals surface area contributed by atoms with Crippen molar-refractivity contribution in [1.29, 1.82) is 0 Å². The molecule has 8 heteroatoms. The molecule has 0 saturated heterocycles. The van der Waals surface area contributed by atoms with Crippen LogP contribution in [0.15, 0.2) is 41.4 Å². The second kappa shape index (κ2) is 9.58. The zero-order valence-electron chi connectivity index (χ0n) is 17.4. The molecule has 0 aliphatic heterocycles. The van der Waals surface area contributed by atoms with E-state index in [-0.39, 0.29) is 18.9 Å². The van der Waals surface area contributed by atoms with Crippen LogP contribution in [0.3, 0.4) is 0 Å². The molecule has 0 N–H and O–H groups in total. The largest absolute Gasteiger partial charge is 0.493 e. The lowest BCUT2D eigenvalue weighted by Crippen LogP contribution is -2.22. The molecule has 3 rings (SSSR count). The molecule has 0 aliphatic rings. The number of carbonyl (C=O) groups is 2. The third-order valence-electron chi connectivity index (χ3n) is 4.71. The lowest BCUT2D eigenvalue weighted by atomic mass is 10.1. The quantitative estimate of drug-likeness (QED) is 0.540. The van der Waals surface area contributed by atoms with Gasteiger partial charge in [-0.1, -0.05) is 42.5 Å². The maximum Gasteiger partial charge on any atom is 0.325 e. The molecular formula is C22H24N2O5S. The molecule has 0 aliphatic carbocycles. The lowest BCUT2D eigenvalue weighted by Gasteiger charge is -2.09.